The molecule has 0 heterocycles. The van der Waals surface area contributed by atoms with E-state index in [2.05, 4.69) is 18.7 Å². The molecule has 0 radical (unpaired) electrons. The van der Waals surface area contributed by atoms with Crippen LogP contribution < -0.4 is 5.73 Å². The first kappa shape index (κ1) is 15.4. The highest BCUT2D eigenvalue weighted by atomic mass is 35.5. The zero-order valence-corrected chi connectivity index (χ0v) is 12.3. The number of hydrogen-bond acceptors (Lipinski definition) is 2. The van der Waals surface area contributed by atoms with E-state index in [1.807, 2.05) is 20.2 Å². The van der Waals surface area contributed by atoms with Gasteiger partial charge in [-0.15, -0.1) is 0 Å². The van der Waals surface area contributed by atoms with Crippen molar-refractivity contribution in [1.82, 2.24) is 4.90 Å². The lowest BCUT2D eigenvalue weighted by Crippen LogP contribution is -2.55. The molecule has 0 bridgehead atoms. The molecule has 0 saturated heterocycles. The van der Waals surface area contributed by atoms with Crippen molar-refractivity contribution in [2.75, 3.05) is 14.1 Å². The van der Waals surface area contributed by atoms with Gasteiger partial charge >= 0.3 is 0 Å². The van der Waals surface area contributed by atoms with E-state index in [1.54, 1.807) is 6.07 Å². The molecule has 2 nitrogen and oxygen atoms in total. The van der Waals surface area contributed by atoms with Crippen molar-refractivity contribution < 1.29 is 4.39 Å². The molecule has 4 heteroatoms. The number of nitrogens with two attached hydrogens (primary N) is 1. The summed E-state index contributed by atoms with van der Waals surface area (Å²) >= 11 is 5.97. The average molecular weight is 273 g/mol. The Bertz CT molecular complexity index is 409. The standard InChI is InChI=1S/C14H22ClFN2/c1-5-14(2,18(3)4)12(17)9-10-7-6-8-11(16)13(10)15/h6-8,12H,5,9,17H2,1-4H3. The van der Waals surface area contributed by atoms with Crippen LogP contribution in [0.1, 0.15) is 25.8 Å². The minimum Gasteiger partial charge on any atom is -0.326 e. The van der Waals surface area contributed by atoms with E-state index in [0.717, 1.165) is 12.0 Å². The van der Waals surface area contributed by atoms with Crippen LogP contribution in [0.5, 0.6) is 0 Å². The highest BCUT2D eigenvalue weighted by Crippen LogP contribution is 2.26. The van der Waals surface area contributed by atoms with Gasteiger partial charge in [-0.05, 0) is 45.5 Å². The number of nitrogens with zero attached hydrogens (tertiary/aromatic N) is 1. The van der Waals surface area contributed by atoms with E-state index < -0.39 is 0 Å². The molecule has 0 fully saturated rings. The second kappa shape index (κ2) is 6.00. The summed E-state index contributed by atoms with van der Waals surface area (Å²) in [7, 11) is 4.02. The smallest absolute Gasteiger partial charge is 0.142 e. The van der Waals surface area contributed by atoms with Crippen molar-refractivity contribution in [2.45, 2.75) is 38.3 Å². The molecule has 0 spiro atoms. The maximum absolute atomic E-state index is 13.4. The molecule has 1 aromatic carbocycles. The number of rotatable bonds is 5. The topological polar surface area (TPSA) is 29.3 Å². The van der Waals surface area contributed by atoms with E-state index in [-0.39, 0.29) is 22.4 Å². The van der Waals surface area contributed by atoms with Crippen LogP contribution in [0.2, 0.25) is 5.02 Å². The van der Waals surface area contributed by atoms with Crippen LogP contribution in [-0.2, 0) is 6.42 Å². The molecule has 2 atom stereocenters. The highest BCUT2D eigenvalue weighted by Gasteiger charge is 2.32. The maximum atomic E-state index is 13.4. The zero-order valence-electron chi connectivity index (χ0n) is 11.5. The summed E-state index contributed by atoms with van der Waals surface area (Å²) in [6, 6.07) is 4.76. The first-order valence-corrected chi connectivity index (χ1v) is 6.56. The fraction of sp³-hybridized carbons (Fsp3) is 0.571. The average Bonchev–Trinajstić information content (AvgIpc) is 2.33. The predicted octanol–water partition coefficient (Wildman–Crippen LogP) is 3.08. The third-order valence-electron chi connectivity index (χ3n) is 4.01. The van der Waals surface area contributed by atoms with Crippen LogP contribution in [0.25, 0.3) is 0 Å². The number of halogens is 2. The minimum atomic E-state index is -0.385. The Kier molecular flexibility index (Phi) is 5.14. The van der Waals surface area contributed by atoms with Gasteiger partial charge < -0.3 is 10.6 Å². The molecule has 0 aliphatic heterocycles. The van der Waals surface area contributed by atoms with E-state index in [4.69, 9.17) is 17.3 Å². The summed E-state index contributed by atoms with van der Waals surface area (Å²) in [6.07, 6.45) is 1.49. The van der Waals surface area contributed by atoms with Crippen LogP contribution >= 0.6 is 11.6 Å². The van der Waals surface area contributed by atoms with Gasteiger partial charge in [0.15, 0.2) is 0 Å². The van der Waals surface area contributed by atoms with E-state index in [1.165, 1.54) is 6.07 Å². The van der Waals surface area contributed by atoms with Gasteiger partial charge in [-0.2, -0.15) is 0 Å². The first-order valence-electron chi connectivity index (χ1n) is 6.18. The van der Waals surface area contributed by atoms with Gasteiger partial charge in [0, 0.05) is 11.6 Å². The highest BCUT2D eigenvalue weighted by molar-refractivity contribution is 6.31. The second-order valence-corrected chi connectivity index (χ2v) is 5.51. The SMILES string of the molecule is CCC(C)(C(N)Cc1cccc(F)c1Cl)N(C)C. The van der Waals surface area contributed by atoms with Crippen molar-refractivity contribution in [1.29, 1.82) is 0 Å². The van der Waals surface area contributed by atoms with Crippen LogP contribution in [0, 0.1) is 5.82 Å². The summed E-state index contributed by atoms with van der Waals surface area (Å²) in [6.45, 7) is 4.22. The van der Waals surface area contributed by atoms with Gasteiger partial charge in [0.1, 0.15) is 5.82 Å². The van der Waals surface area contributed by atoms with Crippen molar-refractivity contribution in [3.05, 3.63) is 34.6 Å². The Labute approximate surface area is 114 Å². The van der Waals surface area contributed by atoms with Crippen molar-refractivity contribution in [3.63, 3.8) is 0 Å². The fourth-order valence-electron chi connectivity index (χ4n) is 2.07. The third kappa shape index (κ3) is 3.02. The van der Waals surface area contributed by atoms with Crippen LogP contribution in [-0.4, -0.2) is 30.6 Å². The number of hydrogen-bond donors (Lipinski definition) is 1. The predicted molar refractivity (Wildman–Crippen MR) is 75.5 cm³/mol. The quantitative estimate of drug-likeness (QED) is 0.893. The molecular formula is C14H22ClFN2. The summed E-state index contributed by atoms with van der Waals surface area (Å²) in [5, 5.41) is 0.185. The summed E-state index contributed by atoms with van der Waals surface area (Å²) < 4.78 is 13.4. The van der Waals surface area contributed by atoms with Crippen molar-refractivity contribution in [3.8, 4) is 0 Å². The van der Waals surface area contributed by atoms with Crippen molar-refractivity contribution in [2.24, 2.45) is 5.73 Å². The largest absolute Gasteiger partial charge is 0.326 e. The lowest BCUT2D eigenvalue weighted by atomic mass is 9.85. The van der Waals surface area contributed by atoms with Gasteiger partial charge in [-0.25, -0.2) is 4.39 Å². The van der Waals surface area contributed by atoms with Gasteiger partial charge in [0.05, 0.1) is 5.02 Å². The monoisotopic (exact) mass is 272 g/mol. The summed E-state index contributed by atoms with van der Waals surface area (Å²) in [5.41, 5.74) is 6.93. The summed E-state index contributed by atoms with van der Waals surface area (Å²) in [5.74, 6) is -0.385. The normalized spacial score (nSPS) is 16.7. The number of benzene rings is 1. The zero-order chi connectivity index (χ0) is 13.9. The molecule has 0 amide bonds. The molecule has 0 aliphatic rings. The molecule has 18 heavy (non-hydrogen) atoms. The lowest BCUT2D eigenvalue weighted by Gasteiger charge is -2.41. The van der Waals surface area contributed by atoms with Crippen LogP contribution in [0.15, 0.2) is 18.2 Å². The van der Waals surface area contributed by atoms with E-state index >= 15 is 0 Å². The van der Waals surface area contributed by atoms with E-state index in [9.17, 15) is 4.39 Å². The third-order valence-corrected chi connectivity index (χ3v) is 4.43. The molecule has 102 valence electrons. The molecule has 0 saturated carbocycles. The molecule has 0 aromatic heterocycles. The Hall–Kier alpha value is -0.640. The molecule has 0 aliphatic carbocycles. The first-order chi connectivity index (χ1) is 8.32. The number of likely N-dealkylation sites (N-methyl/N-ethyl adjacent to an activating group) is 1. The Morgan fingerprint density at radius 3 is 2.56 bits per heavy atom. The minimum absolute atomic E-state index is 0.100. The lowest BCUT2D eigenvalue weighted by molar-refractivity contribution is 0.131. The molecular weight excluding hydrogens is 251 g/mol. The van der Waals surface area contributed by atoms with E-state index in [0.29, 0.717) is 6.42 Å². The molecule has 1 rings (SSSR count). The second-order valence-electron chi connectivity index (χ2n) is 5.13. The van der Waals surface area contributed by atoms with Gasteiger partial charge in [-0.1, -0.05) is 30.7 Å². The Balaban J connectivity index is 2.93. The van der Waals surface area contributed by atoms with Crippen LogP contribution in [0.3, 0.4) is 0 Å². The molecule has 2 N–H and O–H groups in total. The Morgan fingerprint density at radius 1 is 1.44 bits per heavy atom. The maximum Gasteiger partial charge on any atom is 0.142 e. The summed E-state index contributed by atoms with van der Waals surface area (Å²) in [4.78, 5) is 2.12. The Morgan fingerprint density at radius 2 is 2.06 bits per heavy atom. The van der Waals surface area contributed by atoms with Crippen LogP contribution in [0.4, 0.5) is 4.39 Å². The van der Waals surface area contributed by atoms with Crippen molar-refractivity contribution >= 4 is 11.6 Å². The molecule has 1 aromatic rings. The van der Waals surface area contributed by atoms with Gasteiger partial charge in [0.25, 0.3) is 0 Å². The van der Waals surface area contributed by atoms with Gasteiger partial charge in [-0.3, -0.25) is 0 Å². The van der Waals surface area contributed by atoms with Gasteiger partial charge in [0.2, 0.25) is 0 Å². The molecule has 2 unspecified atom stereocenters. The fourth-order valence-corrected chi connectivity index (χ4v) is 2.28.